The Morgan fingerprint density at radius 1 is 1.00 bits per heavy atom. The SMILES string of the molecule is O=C(C[C@@H](Cc1ccccc1)C(=O)N[C@@H](CC1CCC1)B(O)O)c1ccc(Oc2ccccc2)nc1. The van der Waals surface area contributed by atoms with E-state index in [1.807, 2.05) is 60.7 Å². The molecule has 1 aromatic heterocycles. The molecule has 0 unspecified atom stereocenters. The van der Waals surface area contributed by atoms with Gasteiger partial charge in [-0.05, 0) is 42.5 Å². The topological polar surface area (TPSA) is 109 Å². The number of ether oxygens (including phenoxy) is 1. The van der Waals surface area contributed by atoms with Crippen molar-refractivity contribution in [1.29, 1.82) is 0 Å². The zero-order valence-electron chi connectivity index (χ0n) is 20.1. The molecule has 0 spiro atoms. The third-order valence-corrected chi connectivity index (χ3v) is 6.65. The predicted octanol–water partition coefficient (Wildman–Crippen LogP) is 3.99. The number of aromatic nitrogens is 1. The maximum absolute atomic E-state index is 13.3. The smallest absolute Gasteiger partial charge is 0.439 e. The summed E-state index contributed by atoms with van der Waals surface area (Å²) >= 11 is 0. The van der Waals surface area contributed by atoms with Gasteiger partial charge in [-0.25, -0.2) is 4.98 Å². The van der Waals surface area contributed by atoms with Crippen LogP contribution in [-0.2, 0) is 11.2 Å². The van der Waals surface area contributed by atoms with Crippen LogP contribution in [0.4, 0.5) is 0 Å². The van der Waals surface area contributed by atoms with Gasteiger partial charge in [0.15, 0.2) is 5.78 Å². The first kappa shape index (κ1) is 25.6. The van der Waals surface area contributed by atoms with Crippen LogP contribution in [0.2, 0.25) is 0 Å². The molecule has 8 heteroatoms. The molecule has 186 valence electrons. The molecule has 3 N–H and O–H groups in total. The largest absolute Gasteiger partial charge is 0.475 e. The zero-order chi connectivity index (χ0) is 25.3. The molecule has 1 saturated carbocycles. The molecular weight excluding hydrogens is 455 g/mol. The minimum Gasteiger partial charge on any atom is -0.439 e. The summed E-state index contributed by atoms with van der Waals surface area (Å²) in [5.74, 6) is -0.603. The Bertz CT molecular complexity index is 1120. The number of pyridine rings is 1. The number of carbonyl (C=O) groups is 2. The lowest BCUT2D eigenvalue weighted by molar-refractivity contribution is -0.125. The van der Waals surface area contributed by atoms with E-state index in [-0.39, 0.29) is 18.1 Å². The van der Waals surface area contributed by atoms with Gasteiger partial charge in [0.1, 0.15) is 5.75 Å². The molecule has 36 heavy (non-hydrogen) atoms. The van der Waals surface area contributed by atoms with E-state index in [1.165, 1.54) is 6.20 Å². The lowest BCUT2D eigenvalue weighted by Gasteiger charge is -2.30. The predicted molar refractivity (Wildman–Crippen MR) is 137 cm³/mol. The van der Waals surface area contributed by atoms with E-state index >= 15 is 0 Å². The quantitative estimate of drug-likeness (QED) is 0.264. The van der Waals surface area contributed by atoms with Crippen LogP contribution >= 0.6 is 0 Å². The number of nitrogens with zero attached hydrogens (tertiary/aromatic N) is 1. The van der Waals surface area contributed by atoms with Crippen molar-refractivity contribution in [3.05, 3.63) is 90.1 Å². The fourth-order valence-corrected chi connectivity index (χ4v) is 4.36. The first-order chi connectivity index (χ1) is 17.5. The van der Waals surface area contributed by atoms with E-state index in [4.69, 9.17) is 4.74 Å². The van der Waals surface area contributed by atoms with E-state index in [9.17, 15) is 19.6 Å². The molecule has 0 aliphatic heterocycles. The Kier molecular flexibility index (Phi) is 8.87. The van der Waals surface area contributed by atoms with E-state index in [1.54, 1.807) is 12.1 Å². The number of para-hydroxylation sites is 1. The second-order valence-electron chi connectivity index (χ2n) is 9.38. The monoisotopic (exact) mass is 486 g/mol. The molecule has 0 bridgehead atoms. The van der Waals surface area contributed by atoms with Crippen molar-refractivity contribution < 1.29 is 24.4 Å². The summed E-state index contributed by atoms with van der Waals surface area (Å²) in [6.07, 6.45) is 5.49. The molecule has 1 fully saturated rings. The number of rotatable bonds is 12. The second kappa shape index (κ2) is 12.5. The lowest BCUT2D eigenvalue weighted by atomic mass is 9.69. The number of benzene rings is 2. The minimum absolute atomic E-state index is 0.0288. The van der Waals surface area contributed by atoms with Crippen molar-refractivity contribution in [3.63, 3.8) is 0 Å². The first-order valence-corrected chi connectivity index (χ1v) is 12.4. The molecule has 2 aromatic carbocycles. The van der Waals surface area contributed by atoms with Crippen LogP contribution in [0.5, 0.6) is 11.6 Å². The number of Topliss-reactive ketones (excluding diaryl/α,β-unsaturated/α-hetero) is 1. The maximum Gasteiger partial charge on any atom is 0.475 e. The number of amides is 1. The average molecular weight is 486 g/mol. The minimum atomic E-state index is -1.65. The van der Waals surface area contributed by atoms with Gasteiger partial charge in [0, 0.05) is 30.2 Å². The average Bonchev–Trinajstić information content (AvgIpc) is 2.86. The molecule has 1 aliphatic rings. The van der Waals surface area contributed by atoms with Crippen LogP contribution in [0.15, 0.2) is 79.0 Å². The second-order valence-corrected chi connectivity index (χ2v) is 9.38. The first-order valence-electron chi connectivity index (χ1n) is 12.4. The standard InChI is InChI=1S/C28H31BN2O5/c32-25(22-14-15-27(30-19-22)36-24-12-5-2-6-13-24)18-23(16-20-8-3-1-4-9-20)28(33)31-26(29(34)35)17-21-10-7-11-21/h1-6,8-9,12-15,19,21,23,26,34-35H,7,10-11,16-18H2,(H,31,33)/t23-,26+/m1/s1. The number of hydrogen-bond donors (Lipinski definition) is 3. The van der Waals surface area contributed by atoms with Gasteiger partial charge in [-0.1, -0.05) is 67.8 Å². The van der Waals surface area contributed by atoms with Gasteiger partial charge in [-0.15, -0.1) is 0 Å². The van der Waals surface area contributed by atoms with Gasteiger partial charge < -0.3 is 20.1 Å². The Balaban J connectivity index is 1.44. The highest BCUT2D eigenvalue weighted by atomic mass is 16.5. The van der Waals surface area contributed by atoms with Gasteiger partial charge in [0.25, 0.3) is 0 Å². The summed E-state index contributed by atoms with van der Waals surface area (Å²) in [7, 11) is -1.65. The molecule has 2 atom stereocenters. The molecule has 1 aliphatic carbocycles. The molecule has 0 saturated heterocycles. The van der Waals surface area contributed by atoms with Crippen molar-refractivity contribution in [1.82, 2.24) is 10.3 Å². The Morgan fingerprint density at radius 2 is 1.69 bits per heavy atom. The highest BCUT2D eigenvalue weighted by Crippen LogP contribution is 2.31. The number of hydrogen-bond acceptors (Lipinski definition) is 6. The molecular formula is C28H31BN2O5. The molecule has 7 nitrogen and oxygen atoms in total. The van der Waals surface area contributed by atoms with Crippen LogP contribution in [0.3, 0.4) is 0 Å². The van der Waals surface area contributed by atoms with E-state index in [0.29, 0.717) is 36.0 Å². The third kappa shape index (κ3) is 7.26. The van der Waals surface area contributed by atoms with Crippen LogP contribution in [-0.4, -0.2) is 39.8 Å². The van der Waals surface area contributed by atoms with Crippen molar-refractivity contribution in [2.45, 2.75) is 44.5 Å². The number of carbonyl (C=O) groups excluding carboxylic acids is 2. The van der Waals surface area contributed by atoms with Gasteiger partial charge >= 0.3 is 7.12 Å². The fraction of sp³-hybridized carbons (Fsp3) is 0.321. The highest BCUT2D eigenvalue weighted by Gasteiger charge is 2.33. The van der Waals surface area contributed by atoms with E-state index in [2.05, 4.69) is 10.3 Å². The van der Waals surface area contributed by atoms with E-state index in [0.717, 1.165) is 24.8 Å². The summed E-state index contributed by atoms with van der Waals surface area (Å²) < 4.78 is 5.69. The molecule has 3 aromatic rings. The summed E-state index contributed by atoms with van der Waals surface area (Å²) in [4.78, 5) is 30.6. The lowest BCUT2D eigenvalue weighted by Crippen LogP contribution is -2.50. The van der Waals surface area contributed by atoms with Gasteiger partial charge in [-0.3, -0.25) is 9.59 Å². The maximum atomic E-state index is 13.3. The summed E-state index contributed by atoms with van der Waals surface area (Å²) in [5, 5.41) is 22.5. The normalized spacial score (nSPS) is 14.8. The van der Waals surface area contributed by atoms with Crippen LogP contribution in [0, 0.1) is 11.8 Å². The molecule has 4 rings (SSSR count). The third-order valence-electron chi connectivity index (χ3n) is 6.65. The summed E-state index contributed by atoms with van der Waals surface area (Å²) in [6.45, 7) is 0. The van der Waals surface area contributed by atoms with Crippen molar-refractivity contribution in [2.24, 2.45) is 11.8 Å². The molecule has 1 amide bonds. The van der Waals surface area contributed by atoms with Crippen LogP contribution < -0.4 is 10.1 Å². The van der Waals surface area contributed by atoms with Crippen LogP contribution in [0.1, 0.15) is 48.0 Å². The Labute approximate surface area is 211 Å². The van der Waals surface area contributed by atoms with Crippen molar-refractivity contribution in [3.8, 4) is 11.6 Å². The Hall–Kier alpha value is -3.49. The summed E-state index contributed by atoms with van der Waals surface area (Å²) in [5.41, 5.74) is 1.31. The zero-order valence-corrected chi connectivity index (χ0v) is 20.1. The van der Waals surface area contributed by atoms with Crippen LogP contribution in [0.25, 0.3) is 0 Å². The summed E-state index contributed by atoms with van der Waals surface area (Å²) in [6, 6.07) is 22.0. The van der Waals surface area contributed by atoms with Crippen molar-refractivity contribution in [2.75, 3.05) is 0 Å². The molecule has 1 heterocycles. The number of nitrogens with one attached hydrogen (secondary N) is 1. The number of ketones is 1. The van der Waals surface area contributed by atoms with Gasteiger partial charge in [0.2, 0.25) is 11.8 Å². The highest BCUT2D eigenvalue weighted by molar-refractivity contribution is 6.43. The van der Waals surface area contributed by atoms with Crippen molar-refractivity contribution >= 4 is 18.8 Å². The van der Waals surface area contributed by atoms with E-state index < -0.39 is 19.0 Å². The van der Waals surface area contributed by atoms with Gasteiger partial charge in [-0.2, -0.15) is 0 Å². The van der Waals surface area contributed by atoms with Gasteiger partial charge in [0.05, 0.1) is 5.94 Å². The molecule has 0 radical (unpaired) electrons. The fourth-order valence-electron chi connectivity index (χ4n) is 4.36. The Morgan fingerprint density at radius 3 is 2.28 bits per heavy atom.